The van der Waals surface area contributed by atoms with Crippen LogP contribution in [0, 0.1) is 13.8 Å². The standard InChI is InChI=1S/C17H18Cl2N2O3/c1-5-24-17(23)15-9(2)14(10(3)21(15)4)16(22)20-11-6-7-12(18)13(19)8-11/h6-8H,5H2,1-4H3,(H,20,22). The fraction of sp³-hybridized carbons (Fsp3) is 0.294. The first-order chi connectivity index (χ1) is 11.3. The van der Waals surface area contributed by atoms with Gasteiger partial charge in [0.2, 0.25) is 0 Å². The zero-order chi connectivity index (χ0) is 18.0. The summed E-state index contributed by atoms with van der Waals surface area (Å²) in [6.45, 7) is 5.51. The molecule has 1 amide bonds. The first-order valence-corrected chi connectivity index (χ1v) is 8.12. The summed E-state index contributed by atoms with van der Waals surface area (Å²) in [6.07, 6.45) is 0. The molecule has 1 aromatic heterocycles. The van der Waals surface area contributed by atoms with Crippen LogP contribution >= 0.6 is 23.2 Å². The van der Waals surface area contributed by atoms with E-state index in [2.05, 4.69) is 5.32 Å². The van der Waals surface area contributed by atoms with Crippen molar-refractivity contribution in [1.82, 2.24) is 4.57 Å². The van der Waals surface area contributed by atoms with E-state index in [9.17, 15) is 9.59 Å². The summed E-state index contributed by atoms with van der Waals surface area (Å²) in [6, 6.07) is 4.84. The zero-order valence-corrected chi connectivity index (χ0v) is 15.4. The van der Waals surface area contributed by atoms with Crippen molar-refractivity contribution in [1.29, 1.82) is 0 Å². The topological polar surface area (TPSA) is 60.3 Å². The van der Waals surface area contributed by atoms with Crippen molar-refractivity contribution in [3.8, 4) is 0 Å². The Labute approximate surface area is 150 Å². The van der Waals surface area contributed by atoms with E-state index in [1.54, 1.807) is 50.6 Å². The van der Waals surface area contributed by atoms with E-state index in [1.165, 1.54) is 0 Å². The smallest absolute Gasteiger partial charge is 0.355 e. The van der Waals surface area contributed by atoms with E-state index < -0.39 is 5.97 Å². The predicted octanol–water partition coefficient (Wildman–Crippen LogP) is 4.38. The lowest BCUT2D eigenvalue weighted by Gasteiger charge is -2.07. The molecule has 0 aliphatic carbocycles. The average molecular weight is 369 g/mol. The first kappa shape index (κ1) is 18.4. The molecule has 1 N–H and O–H groups in total. The molecule has 0 aliphatic rings. The summed E-state index contributed by atoms with van der Waals surface area (Å²) >= 11 is 11.8. The minimum atomic E-state index is -0.450. The van der Waals surface area contributed by atoms with Crippen LogP contribution in [0.15, 0.2) is 18.2 Å². The van der Waals surface area contributed by atoms with Crippen LogP contribution in [0.4, 0.5) is 5.69 Å². The van der Waals surface area contributed by atoms with E-state index in [0.717, 1.165) is 0 Å². The zero-order valence-electron chi connectivity index (χ0n) is 13.9. The van der Waals surface area contributed by atoms with Crippen molar-refractivity contribution in [2.45, 2.75) is 20.8 Å². The molecule has 0 saturated heterocycles. The highest BCUT2D eigenvalue weighted by Gasteiger charge is 2.25. The summed E-state index contributed by atoms with van der Waals surface area (Å²) in [5, 5.41) is 3.53. The van der Waals surface area contributed by atoms with Gasteiger partial charge in [0.1, 0.15) is 5.69 Å². The van der Waals surface area contributed by atoms with Crippen LogP contribution in [-0.2, 0) is 11.8 Å². The molecule has 0 bridgehead atoms. The second kappa shape index (κ2) is 7.28. The van der Waals surface area contributed by atoms with Crippen LogP contribution in [0.2, 0.25) is 10.0 Å². The van der Waals surface area contributed by atoms with Crippen molar-refractivity contribution in [2.75, 3.05) is 11.9 Å². The van der Waals surface area contributed by atoms with E-state index in [4.69, 9.17) is 27.9 Å². The van der Waals surface area contributed by atoms with Gasteiger partial charge in [0.25, 0.3) is 5.91 Å². The van der Waals surface area contributed by atoms with Crippen LogP contribution in [0.1, 0.15) is 39.0 Å². The van der Waals surface area contributed by atoms with Gasteiger partial charge in [-0.1, -0.05) is 23.2 Å². The fourth-order valence-electron chi connectivity index (χ4n) is 2.57. The van der Waals surface area contributed by atoms with Gasteiger partial charge in [-0.3, -0.25) is 4.79 Å². The summed E-state index contributed by atoms with van der Waals surface area (Å²) < 4.78 is 6.73. The third-order valence-corrected chi connectivity index (χ3v) is 4.54. The van der Waals surface area contributed by atoms with Crippen molar-refractivity contribution >= 4 is 40.8 Å². The number of hydrogen-bond acceptors (Lipinski definition) is 3. The Morgan fingerprint density at radius 1 is 1.21 bits per heavy atom. The second-order valence-electron chi connectivity index (χ2n) is 5.30. The van der Waals surface area contributed by atoms with Crippen molar-refractivity contribution in [3.63, 3.8) is 0 Å². The highest BCUT2D eigenvalue weighted by molar-refractivity contribution is 6.42. The van der Waals surface area contributed by atoms with Gasteiger partial charge in [-0.15, -0.1) is 0 Å². The highest BCUT2D eigenvalue weighted by atomic mass is 35.5. The summed E-state index contributed by atoms with van der Waals surface area (Å²) in [7, 11) is 1.73. The first-order valence-electron chi connectivity index (χ1n) is 7.37. The third-order valence-electron chi connectivity index (χ3n) is 3.80. The maximum atomic E-state index is 12.6. The summed E-state index contributed by atoms with van der Waals surface area (Å²) in [5.41, 5.74) is 2.58. The van der Waals surface area contributed by atoms with Gasteiger partial charge >= 0.3 is 5.97 Å². The van der Waals surface area contributed by atoms with Gasteiger partial charge < -0.3 is 14.6 Å². The second-order valence-corrected chi connectivity index (χ2v) is 6.11. The number of aromatic nitrogens is 1. The fourth-order valence-corrected chi connectivity index (χ4v) is 2.87. The molecule has 0 spiro atoms. The number of anilines is 1. The Kier molecular flexibility index (Phi) is 5.57. The lowest BCUT2D eigenvalue weighted by molar-refractivity contribution is 0.0514. The lowest BCUT2D eigenvalue weighted by Crippen LogP contribution is -2.14. The maximum Gasteiger partial charge on any atom is 0.355 e. The van der Waals surface area contributed by atoms with Crippen LogP contribution in [0.25, 0.3) is 0 Å². The Balaban J connectivity index is 2.37. The molecule has 7 heteroatoms. The van der Waals surface area contributed by atoms with E-state index in [1.807, 2.05) is 0 Å². The van der Waals surface area contributed by atoms with Crippen molar-refractivity contribution in [3.05, 3.63) is 50.8 Å². The highest BCUT2D eigenvalue weighted by Crippen LogP contribution is 2.27. The SMILES string of the molecule is CCOC(=O)c1c(C)c(C(=O)Nc2ccc(Cl)c(Cl)c2)c(C)n1C. The van der Waals surface area contributed by atoms with Gasteiger partial charge in [-0.05, 0) is 44.5 Å². The van der Waals surface area contributed by atoms with Gasteiger partial charge in [-0.2, -0.15) is 0 Å². The maximum absolute atomic E-state index is 12.6. The number of rotatable bonds is 4. The largest absolute Gasteiger partial charge is 0.461 e. The van der Waals surface area contributed by atoms with E-state index >= 15 is 0 Å². The number of ether oxygens (including phenoxy) is 1. The molecule has 0 unspecified atom stereocenters. The van der Waals surface area contributed by atoms with Crippen LogP contribution < -0.4 is 5.32 Å². The van der Waals surface area contributed by atoms with Crippen LogP contribution in [0.5, 0.6) is 0 Å². The quantitative estimate of drug-likeness (QED) is 0.814. The Morgan fingerprint density at radius 2 is 1.88 bits per heavy atom. The number of carbonyl (C=O) groups excluding carboxylic acids is 2. The Morgan fingerprint density at radius 3 is 2.46 bits per heavy atom. The number of nitrogens with zero attached hydrogens (tertiary/aromatic N) is 1. The van der Waals surface area contributed by atoms with Crippen molar-refractivity contribution in [2.24, 2.45) is 7.05 Å². The average Bonchev–Trinajstić information content (AvgIpc) is 2.73. The number of carbonyl (C=O) groups is 2. The molecule has 2 rings (SSSR count). The molecule has 5 nitrogen and oxygen atoms in total. The monoisotopic (exact) mass is 368 g/mol. The molecule has 0 aliphatic heterocycles. The van der Waals surface area contributed by atoms with Crippen LogP contribution in [-0.4, -0.2) is 23.1 Å². The number of halogens is 2. The minimum absolute atomic E-state index is 0.271. The molecule has 128 valence electrons. The lowest BCUT2D eigenvalue weighted by atomic mass is 10.1. The molecule has 0 saturated carbocycles. The summed E-state index contributed by atoms with van der Waals surface area (Å²) in [4.78, 5) is 24.8. The Hall–Kier alpha value is -1.98. The van der Waals surface area contributed by atoms with E-state index in [0.29, 0.717) is 38.2 Å². The third kappa shape index (κ3) is 3.42. The minimum Gasteiger partial charge on any atom is -0.461 e. The van der Waals surface area contributed by atoms with Crippen molar-refractivity contribution < 1.29 is 14.3 Å². The molecule has 1 heterocycles. The van der Waals surface area contributed by atoms with Gasteiger partial charge in [0, 0.05) is 18.4 Å². The Bertz CT molecular complexity index is 813. The molecular weight excluding hydrogens is 351 g/mol. The normalized spacial score (nSPS) is 10.6. The van der Waals surface area contributed by atoms with Crippen LogP contribution in [0.3, 0.4) is 0 Å². The number of esters is 1. The van der Waals surface area contributed by atoms with Gasteiger partial charge in [-0.25, -0.2) is 4.79 Å². The van der Waals surface area contributed by atoms with Gasteiger partial charge in [0.05, 0.1) is 22.2 Å². The molecule has 0 radical (unpaired) electrons. The number of benzene rings is 1. The number of nitrogens with one attached hydrogen (secondary N) is 1. The molecule has 24 heavy (non-hydrogen) atoms. The molecular formula is C17H18Cl2N2O3. The van der Waals surface area contributed by atoms with E-state index in [-0.39, 0.29) is 12.5 Å². The molecule has 1 aromatic carbocycles. The summed E-state index contributed by atoms with van der Waals surface area (Å²) in [5.74, 6) is -0.774. The predicted molar refractivity (Wildman–Crippen MR) is 95.3 cm³/mol. The number of amides is 1. The number of hydrogen-bond donors (Lipinski definition) is 1. The van der Waals surface area contributed by atoms with Gasteiger partial charge in [0.15, 0.2) is 0 Å². The molecule has 0 atom stereocenters. The molecule has 2 aromatic rings. The molecule has 0 fully saturated rings.